The van der Waals surface area contributed by atoms with Gasteiger partial charge in [0.1, 0.15) is 24.1 Å². The number of ether oxygens (including phenoxy) is 1. The molecular formula is C25H23F2N7O3. The number of nitrogen functional groups attached to an aromatic ring is 1. The SMILES string of the molecule is Cc1ccc2c(N)c(F)ccc2c1Oc1ncncc1-c1ccnc(N[C@H]2C[C@H](F)CN(C(=O)O)C2)n1. The van der Waals surface area contributed by atoms with E-state index in [2.05, 4.69) is 25.3 Å². The van der Waals surface area contributed by atoms with Gasteiger partial charge in [0.25, 0.3) is 0 Å². The third-order valence-electron chi connectivity index (χ3n) is 6.15. The van der Waals surface area contributed by atoms with Gasteiger partial charge in [-0.05, 0) is 30.7 Å². The average Bonchev–Trinajstić information content (AvgIpc) is 2.88. The lowest BCUT2D eigenvalue weighted by Gasteiger charge is -2.33. The molecule has 4 aromatic rings. The number of fused-ring (bicyclic) bond motifs is 1. The Balaban J connectivity index is 1.46. The van der Waals surface area contributed by atoms with E-state index in [1.165, 1.54) is 24.8 Å². The lowest BCUT2D eigenvalue weighted by Crippen LogP contribution is -2.49. The minimum Gasteiger partial charge on any atom is -0.465 e. The molecule has 1 saturated heterocycles. The molecule has 0 spiro atoms. The molecule has 3 heterocycles. The summed E-state index contributed by atoms with van der Waals surface area (Å²) in [5.74, 6) is 0.342. The zero-order chi connectivity index (χ0) is 26.1. The van der Waals surface area contributed by atoms with Crippen LogP contribution in [0.15, 0.2) is 49.1 Å². The number of carboxylic acid groups (broad SMARTS) is 1. The molecule has 0 unspecified atom stereocenters. The van der Waals surface area contributed by atoms with Crippen LogP contribution in [0.1, 0.15) is 12.0 Å². The van der Waals surface area contributed by atoms with Gasteiger partial charge in [0, 0.05) is 42.2 Å². The number of anilines is 2. The first kappa shape index (κ1) is 24.1. The molecule has 1 amide bonds. The quantitative estimate of drug-likeness (QED) is 0.335. The van der Waals surface area contributed by atoms with Gasteiger partial charge in [-0.3, -0.25) is 0 Å². The Morgan fingerprint density at radius 2 is 2.00 bits per heavy atom. The molecule has 0 bridgehead atoms. The highest BCUT2D eigenvalue weighted by Crippen LogP contribution is 2.38. The summed E-state index contributed by atoms with van der Waals surface area (Å²) in [6.45, 7) is 1.79. The van der Waals surface area contributed by atoms with Crippen molar-refractivity contribution in [2.24, 2.45) is 0 Å². The zero-order valence-electron chi connectivity index (χ0n) is 19.7. The van der Waals surface area contributed by atoms with Crippen LogP contribution in [0.4, 0.5) is 25.2 Å². The van der Waals surface area contributed by atoms with Crippen LogP contribution < -0.4 is 15.8 Å². The number of amides is 1. The van der Waals surface area contributed by atoms with Crippen LogP contribution in [0.25, 0.3) is 22.0 Å². The first-order valence-corrected chi connectivity index (χ1v) is 11.5. The van der Waals surface area contributed by atoms with Gasteiger partial charge in [-0.15, -0.1) is 0 Å². The van der Waals surface area contributed by atoms with E-state index in [4.69, 9.17) is 10.5 Å². The Bertz CT molecular complexity index is 1490. The van der Waals surface area contributed by atoms with Gasteiger partial charge >= 0.3 is 6.09 Å². The molecular weight excluding hydrogens is 484 g/mol. The van der Waals surface area contributed by atoms with Crippen LogP contribution in [0, 0.1) is 12.7 Å². The molecule has 4 N–H and O–H groups in total. The highest BCUT2D eigenvalue weighted by molar-refractivity contribution is 5.98. The molecule has 12 heteroatoms. The van der Waals surface area contributed by atoms with Crippen LogP contribution in [0.2, 0.25) is 0 Å². The van der Waals surface area contributed by atoms with E-state index in [1.54, 1.807) is 24.3 Å². The smallest absolute Gasteiger partial charge is 0.407 e. The van der Waals surface area contributed by atoms with Crippen LogP contribution in [-0.4, -0.2) is 61.3 Å². The van der Waals surface area contributed by atoms with E-state index >= 15 is 0 Å². The van der Waals surface area contributed by atoms with Crippen molar-refractivity contribution in [2.45, 2.75) is 25.6 Å². The van der Waals surface area contributed by atoms with E-state index in [1.807, 2.05) is 6.92 Å². The summed E-state index contributed by atoms with van der Waals surface area (Å²) < 4.78 is 34.3. The Labute approximate surface area is 210 Å². The third-order valence-corrected chi connectivity index (χ3v) is 6.15. The molecule has 2 aromatic heterocycles. The Hall–Kier alpha value is -4.61. The highest BCUT2D eigenvalue weighted by Gasteiger charge is 2.30. The lowest BCUT2D eigenvalue weighted by molar-refractivity contribution is 0.102. The first-order chi connectivity index (χ1) is 17.8. The summed E-state index contributed by atoms with van der Waals surface area (Å²) in [6.07, 6.45) is 2.04. The third kappa shape index (κ3) is 4.90. The number of alkyl halides is 1. The van der Waals surface area contributed by atoms with E-state index in [-0.39, 0.29) is 37.0 Å². The summed E-state index contributed by atoms with van der Waals surface area (Å²) in [4.78, 5) is 29.4. The zero-order valence-corrected chi connectivity index (χ0v) is 19.7. The number of likely N-dealkylation sites (tertiary alicyclic amines) is 1. The highest BCUT2D eigenvalue weighted by atomic mass is 19.1. The second-order valence-corrected chi connectivity index (χ2v) is 8.74. The number of hydrogen-bond donors (Lipinski definition) is 3. The molecule has 5 rings (SSSR count). The van der Waals surface area contributed by atoms with E-state index in [9.17, 15) is 18.7 Å². The van der Waals surface area contributed by atoms with Gasteiger partial charge in [0.2, 0.25) is 11.8 Å². The molecule has 2 aromatic carbocycles. The molecule has 10 nitrogen and oxygen atoms in total. The van der Waals surface area contributed by atoms with E-state index < -0.39 is 24.1 Å². The van der Waals surface area contributed by atoms with Crippen LogP contribution >= 0.6 is 0 Å². The maximum atomic E-state index is 14.1. The Kier molecular flexibility index (Phi) is 6.38. The largest absolute Gasteiger partial charge is 0.465 e. The average molecular weight is 508 g/mol. The normalized spacial score (nSPS) is 17.5. The Morgan fingerprint density at radius 1 is 1.19 bits per heavy atom. The van der Waals surface area contributed by atoms with Crippen molar-refractivity contribution in [2.75, 3.05) is 24.1 Å². The summed E-state index contributed by atoms with van der Waals surface area (Å²) in [7, 11) is 0. The van der Waals surface area contributed by atoms with Gasteiger partial charge in [-0.25, -0.2) is 33.5 Å². The molecule has 1 aliphatic rings. The van der Waals surface area contributed by atoms with Crippen molar-refractivity contribution in [3.8, 4) is 22.9 Å². The summed E-state index contributed by atoms with van der Waals surface area (Å²) in [6, 6.07) is 7.54. The predicted octanol–water partition coefficient (Wildman–Crippen LogP) is 4.41. The molecule has 0 radical (unpaired) electrons. The van der Waals surface area contributed by atoms with Crippen molar-refractivity contribution in [1.82, 2.24) is 24.8 Å². The molecule has 37 heavy (non-hydrogen) atoms. The summed E-state index contributed by atoms with van der Waals surface area (Å²) in [5, 5.41) is 13.4. The molecule has 1 aliphatic heterocycles. The monoisotopic (exact) mass is 507 g/mol. The molecule has 2 atom stereocenters. The van der Waals surface area contributed by atoms with Crippen molar-refractivity contribution in [1.29, 1.82) is 0 Å². The number of nitrogens with two attached hydrogens (primary N) is 1. The number of aryl methyl sites for hydroxylation is 1. The fourth-order valence-corrected chi connectivity index (χ4v) is 4.35. The van der Waals surface area contributed by atoms with E-state index in [0.29, 0.717) is 27.8 Å². The Morgan fingerprint density at radius 3 is 2.81 bits per heavy atom. The summed E-state index contributed by atoms with van der Waals surface area (Å²) in [5.41, 5.74) is 7.64. The number of nitrogens with zero attached hydrogens (tertiary/aromatic N) is 5. The maximum absolute atomic E-state index is 14.1. The number of halogens is 2. The van der Waals surface area contributed by atoms with Crippen molar-refractivity contribution < 1.29 is 23.4 Å². The minimum absolute atomic E-state index is 0.0245. The van der Waals surface area contributed by atoms with Crippen LogP contribution in [0.3, 0.4) is 0 Å². The van der Waals surface area contributed by atoms with Crippen molar-refractivity contribution in [3.63, 3.8) is 0 Å². The lowest BCUT2D eigenvalue weighted by atomic mass is 10.0. The number of rotatable bonds is 5. The number of aromatic nitrogens is 4. The van der Waals surface area contributed by atoms with Crippen molar-refractivity contribution >= 4 is 28.5 Å². The molecule has 190 valence electrons. The van der Waals surface area contributed by atoms with Gasteiger partial charge in [-0.2, -0.15) is 0 Å². The summed E-state index contributed by atoms with van der Waals surface area (Å²) >= 11 is 0. The standard InChI is InChI=1S/C25H23F2N7O3/c1-13-2-3-16-17(4-5-19(27)21(16)28)22(13)37-23-18(9-29-12-31-23)20-6-7-30-24(33-20)32-15-8-14(26)10-34(11-15)25(35)36/h2-7,9,12,14-15H,8,10-11,28H2,1H3,(H,35,36)(H,30,32,33)/t14-,15-/m0/s1. The topological polar surface area (TPSA) is 139 Å². The van der Waals surface area contributed by atoms with Gasteiger partial charge in [0.15, 0.2) is 0 Å². The number of carbonyl (C=O) groups is 1. The van der Waals surface area contributed by atoms with E-state index in [0.717, 1.165) is 10.5 Å². The minimum atomic E-state index is -1.29. The molecule has 0 aliphatic carbocycles. The van der Waals surface area contributed by atoms with Crippen molar-refractivity contribution in [3.05, 3.63) is 60.4 Å². The van der Waals surface area contributed by atoms with Crippen LogP contribution in [0.5, 0.6) is 11.6 Å². The van der Waals surface area contributed by atoms with Gasteiger partial charge < -0.3 is 25.8 Å². The molecule has 0 saturated carbocycles. The fraction of sp³-hybridized carbons (Fsp3) is 0.240. The second-order valence-electron chi connectivity index (χ2n) is 8.74. The first-order valence-electron chi connectivity index (χ1n) is 11.5. The maximum Gasteiger partial charge on any atom is 0.407 e. The fourth-order valence-electron chi connectivity index (χ4n) is 4.35. The van der Waals surface area contributed by atoms with Gasteiger partial charge in [0.05, 0.1) is 23.5 Å². The van der Waals surface area contributed by atoms with Gasteiger partial charge in [-0.1, -0.05) is 12.1 Å². The molecule has 1 fully saturated rings. The predicted molar refractivity (Wildman–Crippen MR) is 133 cm³/mol. The second kappa shape index (κ2) is 9.80. The number of piperidine rings is 1. The van der Waals surface area contributed by atoms with Crippen LogP contribution in [-0.2, 0) is 0 Å². The number of benzene rings is 2. The number of hydrogen-bond acceptors (Lipinski definition) is 8. The number of nitrogens with one attached hydrogen (secondary N) is 1.